The van der Waals surface area contributed by atoms with E-state index in [2.05, 4.69) is 4.99 Å². The number of rotatable bonds is 3. The molecule has 0 aliphatic carbocycles. The lowest BCUT2D eigenvalue weighted by molar-refractivity contribution is 0.0652. The summed E-state index contributed by atoms with van der Waals surface area (Å²) in [5.74, 6) is 0. The summed E-state index contributed by atoms with van der Waals surface area (Å²) < 4.78 is 4.93. The molecule has 0 spiro atoms. The van der Waals surface area contributed by atoms with Crippen LogP contribution in [0.4, 0.5) is 4.79 Å². The molecule has 0 aromatic carbocycles. The van der Waals surface area contributed by atoms with Gasteiger partial charge in [-0.1, -0.05) is 20.8 Å². The summed E-state index contributed by atoms with van der Waals surface area (Å²) in [6.45, 7) is 7.50. The van der Waals surface area contributed by atoms with Crippen molar-refractivity contribution in [1.82, 2.24) is 4.90 Å². The van der Waals surface area contributed by atoms with Crippen LogP contribution in [-0.4, -0.2) is 42.8 Å². The molecule has 1 saturated heterocycles. The van der Waals surface area contributed by atoms with Gasteiger partial charge in [-0.25, -0.2) is 14.6 Å². The topological polar surface area (TPSA) is 59.0 Å². The fourth-order valence-electron chi connectivity index (χ4n) is 1.54. The van der Waals surface area contributed by atoms with Crippen LogP contribution in [0.15, 0.2) is 4.99 Å². The SMILES string of the molecule is CC(C)(C)[C@@H](CN1CCCOC1=O)N=C=O. The molecule has 5 nitrogen and oxygen atoms in total. The van der Waals surface area contributed by atoms with Crippen LogP contribution < -0.4 is 0 Å². The molecule has 5 heteroatoms. The molecular weight excluding hydrogens is 208 g/mol. The molecule has 0 aromatic rings. The smallest absolute Gasteiger partial charge is 0.409 e. The van der Waals surface area contributed by atoms with Crippen LogP contribution in [0.25, 0.3) is 0 Å². The summed E-state index contributed by atoms with van der Waals surface area (Å²) in [5.41, 5.74) is -0.171. The van der Waals surface area contributed by atoms with E-state index in [1.165, 1.54) is 0 Å². The molecule has 90 valence electrons. The minimum atomic E-state index is -0.318. The highest BCUT2D eigenvalue weighted by Gasteiger charge is 2.30. The van der Waals surface area contributed by atoms with Crippen LogP contribution >= 0.6 is 0 Å². The highest BCUT2D eigenvalue weighted by molar-refractivity contribution is 5.68. The van der Waals surface area contributed by atoms with Crippen molar-refractivity contribution in [2.45, 2.75) is 33.2 Å². The number of hydrogen-bond acceptors (Lipinski definition) is 4. The van der Waals surface area contributed by atoms with Crippen LogP contribution in [0.3, 0.4) is 0 Å². The first-order valence-corrected chi connectivity index (χ1v) is 5.44. The number of cyclic esters (lactones) is 1. The number of ether oxygens (including phenoxy) is 1. The Morgan fingerprint density at radius 1 is 1.56 bits per heavy atom. The third-order valence-electron chi connectivity index (χ3n) is 2.66. The second kappa shape index (κ2) is 5.12. The Hall–Kier alpha value is -1.35. The van der Waals surface area contributed by atoms with E-state index >= 15 is 0 Å². The summed E-state index contributed by atoms with van der Waals surface area (Å²) in [7, 11) is 0. The summed E-state index contributed by atoms with van der Waals surface area (Å²) in [6.07, 6.45) is 2.08. The normalized spacial score (nSPS) is 18.7. The summed E-state index contributed by atoms with van der Waals surface area (Å²) in [4.78, 5) is 27.1. The maximum absolute atomic E-state index is 11.4. The number of hydrogen-bond donors (Lipinski definition) is 0. The van der Waals surface area contributed by atoms with Gasteiger partial charge in [0.15, 0.2) is 0 Å². The summed E-state index contributed by atoms with van der Waals surface area (Å²) in [6, 6.07) is -0.240. The van der Waals surface area contributed by atoms with Crippen LogP contribution in [0.1, 0.15) is 27.2 Å². The number of amides is 1. The first-order valence-electron chi connectivity index (χ1n) is 5.44. The number of isocyanates is 1. The van der Waals surface area contributed by atoms with E-state index in [1.54, 1.807) is 11.0 Å². The van der Waals surface area contributed by atoms with Crippen LogP contribution in [0.5, 0.6) is 0 Å². The van der Waals surface area contributed by atoms with E-state index in [0.717, 1.165) is 6.42 Å². The molecule has 0 saturated carbocycles. The van der Waals surface area contributed by atoms with Gasteiger partial charge in [-0.05, 0) is 11.8 Å². The molecule has 0 bridgehead atoms. The predicted molar refractivity (Wildman–Crippen MR) is 58.9 cm³/mol. The van der Waals surface area contributed by atoms with Crippen LogP contribution in [0, 0.1) is 5.41 Å². The van der Waals surface area contributed by atoms with Crippen molar-refractivity contribution >= 4 is 12.2 Å². The van der Waals surface area contributed by atoms with E-state index in [4.69, 9.17) is 4.74 Å². The van der Waals surface area contributed by atoms with Crippen molar-refractivity contribution in [3.8, 4) is 0 Å². The largest absolute Gasteiger partial charge is 0.449 e. The summed E-state index contributed by atoms with van der Waals surface area (Å²) in [5, 5.41) is 0. The Bertz CT molecular complexity index is 303. The number of carbonyl (C=O) groups excluding carboxylic acids is 2. The van der Waals surface area contributed by atoms with Gasteiger partial charge in [0.05, 0.1) is 12.6 Å². The van der Waals surface area contributed by atoms with E-state index in [-0.39, 0.29) is 17.6 Å². The lowest BCUT2D eigenvalue weighted by atomic mass is 9.87. The molecule has 1 aliphatic rings. The Morgan fingerprint density at radius 2 is 2.25 bits per heavy atom. The lowest BCUT2D eigenvalue weighted by Crippen LogP contribution is -2.45. The average molecular weight is 226 g/mol. The first kappa shape index (κ1) is 12.7. The number of carbonyl (C=O) groups is 1. The molecule has 1 aliphatic heterocycles. The zero-order valence-corrected chi connectivity index (χ0v) is 10.0. The van der Waals surface area contributed by atoms with Crippen LogP contribution in [0.2, 0.25) is 0 Å². The van der Waals surface area contributed by atoms with Gasteiger partial charge < -0.3 is 9.64 Å². The monoisotopic (exact) mass is 226 g/mol. The standard InChI is InChI=1S/C11H18N2O3/c1-11(2,3)9(12-8-14)7-13-5-4-6-16-10(13)15/h9H,4-7H2,1-3H3/t9-/m1/s1. The molecule has 1 rings (SSSR count). The molecular formula is C11H18N2O3. The molecule has 0 unspecified atom stereocenters. The van der Waals surface area contributed by atoms with Crippen molar-refractivity contribution < 1.29 is 14.3 Å². The molecule has 0 N–H and O–H groups in total. The first-order chi connectivity index (χ1) is 7.45. The maximum atomic E-state index is 11.4. The van der Waals surface area contributed by atoms with E-state index in [0.29, 0.717) is 19.7 Å². The Labute approximate surface area is 95.5 Å². The highest BCUT2D eigenvalue weighted by atomic mass is 16.6. The van der Waals surface area contributed by atoms with Gasteiger partial charge in [0.1, 0.15) is 0 Å². The molecule has 1 heterocycles. The van der Waals surface area contributed by atoms with Gasteiger partial charge >= 0.3 is 6.09 Å². The number of nitrogens with zero attached hydrogens (tertiary/aromatic N) is 2. The second-order valence-electron chi connectivity index (χ2n) is 5.02. The van der Waals surface area contributed by atoms with Crippen molar-refractivity contribution in [2.24, 2.45) is 10.4 Å². The van der Waals surface area contributed by atoms with Gasteiger partial charge in [0.25, 0.3) is 0 Å². The second-order valence-corrected chi connectivity index (χ2v) is 5.02. The molecule has 16 heavy (non-hydrogen) atoms. The third-order valence-corrected chi connectivity index (χ3v) is 2.66. The highest BCUT2D eigenvalue weighted by Crippen LogP contribution is 2.23. The molecule has 1 atom stereocenters. The zero-order valence-electron chi connectivity index (χ0n) is 10.0. The molecule has 0 aromatic heterocycles. The Kier molecular flexibility index (Phi) is 4.07. The van der Waals surface area contributed by atoms with E-state index in [9.17, 15) is 9.59 Å². The van der Waals surface area contributed by atoms with E-state index in [1.807, 2.05) is 20.8 Å². The third kappa shape index (κ3) is 3.35. The van der Waals surface area contributed by atoms with Gasteiger partial charge in [-0.2, -0.15) is 0 Å². The fraction of sp³-hybridized carbons (Fsp3) is 0.818. The molecule has 0 radical (unpaired) electrons. The van der Waals surface area contributed by atoms with Gasteiger partial charge in [0, 0.05) is 13.1 Å². The minimum Gasteiger partial charge on any atom is -0.449 e. The quantitative estimate of drug-likeness (QED) is 0.542. The number of aliphatic imine (C=N–C) groups is 1. The van der Waals surface area contributed by atoms with Crippen molar-refractivity contribution in [3.05, 3.63) is 0 Å². The maximum Gasteiger partial charge on any atom is 0.409 e. The van der Waals surface area contributed by atoms with Gasteiger partial charge in [-0.15, -0.1) is 0 Å². The van der Waals surface area contributed by atoms with Crippen molar-refractivity contribution in [2.75, 3.05) is 19.7 Å². The van der Waals surface area contributed by atoms with Crippen LogP contribution in [-0.2, 0) is 9.53 Å². The van der Waals surface area contributed by atoms with Gasteiger partial charge in [-0.3, -0.25) is 0 Å². The molecule has 1 amide bonds. The van der Waals surface area contributed by atoms with Crippen molar-refractivity contribution in [3.63, 3.8) is 0 Å². The Morgan fingerprint density at radius 3 is 2.75 bits per heavy atom. The average Bonchev–Trinajstić information content (AvgIpc) is 2.19. The van der Waals surface area contributed by atoms with E-state index < -0.39 is 0 Å². The zero-order chi connectivity index (χ0) is 12.2. The molecule has 1 fully saturated rings. The predicted octanol–water partition coefficient (Wildman–Crippen LogP) is 1.58. The minimum absolute atomic E-state index is 0.171. The summed E-state index contributed by atoms with van der Waals surface area (Å²) >= 11 is 0. The lowest BCUT2D eigenvalue weighted by Gasteiger charge is -2.33. The van der Waals surface area contributed by atoms with Crippen molar-refractivity contribution in [1.29, 1.82) is 0 Å². The Balaban J connectivity index is 2.67. The van der Waals surface area contributed by atoms with Gasteiger partial charge in [0.2, 0.25) is 6.08 Å². The fourth-order valence-corrected chi connectivity index (χ4v) is 1.54.